The van der Waals surface area contributed by atoms with Gasteiger partial charge in [-0.05, 0) is 72.5 Å². The molecule has 9 nitrogen and oxygen atoms in total. The van der Waals surface area contributed by atoms with Gasteiger partial charge in [-0.2, -0.15) is 4.98 Å². The van der Waals surface area contributed by atoms with E-state index in [9.17, 15) is 19.5 Å². The molecule has 2 atom stereocenters. The number of aromatic nitrogens is 1. The van der Waals surface area contributed by atoms with Gasteiger partial charge in [0.05, 0.1) is 12.3 Å². The highest BCUT2D eigenvalue weighted by molar-refractivity contribution is 5.95. The second kappa shape index (κ2) is 12.3. The standard InChI is InChI=1S/C36H34N4O5/c1-22-8-7-9-23(2)33(22)38-36-37-30-17-12-24(18-31(30)45-36)19-32(41)39(3)27-15-13-25(14-16-27)28-20-40(21-29(28)35(43)44)34(42)26-10-5-4-6-11-26/h4-18,28-29H,19-21H2,1-3H3,(H,37,38)(H,43,44). The number of likely N-dealkylation sites (N-methyl/N-ethyl adjacent to an activating group) is 1. The van der Waals surface area contributed by atoms with Crippen LogP contribution >= 0.6 is 0 Å². The van der Waals surface area contributed by atoms with Crippen LogP contribution in [0.1, 0.15) is 38.5 Å². The number of carbonyl (C=O) groups excluding carboxylic acids is 2. The smallest absolute Gasteiger partial charge is 0.308 e. The number of hydrogen-bond acceptors (Lipinski definition) is 6. The lowest BCUT2D eigenvalue weighted by molar-refractivity contribution is -0.141. The number of likely N-dealkylation sites (tertiary alicyclic amines) is 1. The van der Waals surface area contributed by atoms with Crippen LogP contribution in [0.25, 0.3) is 11.1 Å². The molecule has 2 unspecified atom stereocenters. The van der Waals surface area contributed by atoms with Crippen LogP contribution in [0, 0.1) is 19.8 Å². The number of amides is 2. The lowest BCUT2D eigenvalue weighted by Crippen LogP contribution is -2.29. The molecular weight excluding hydrogens is 568 g/mol. The van der Waals surface area contributed by atoms with Gasteiger partial charge in [0.2, 0.25) is 5.91 Å². The van der Waals surface area contributed by atoms with E-state index in [0.29, 0.717) is 34.9 Å². The molecule has 9 heteroatoms. The van der Waals surface area contributed by atoms with Crippen molar-refractivity contribution in [3.05, 3.63) is 119 Å². The molecule has 1 aliphatic rings. The quantitative estimate of drug-likeness (QED) is 0.213. The third-order valence-corrected chi connectivity index (χ3v) is 8.55. The van der Waals surface area contributed by atoms with Gasteiger partial charge in [-0.25, -0.2) is 0 Å². The van der Waals surface area contributed by atoms with E-state index in [4.69, 9.17) is 4.42 Å². The molecule has 1 saturated heterocycles. The van der Waals surface area contributed by atoms with Gasteiger partial charge in [-0.3, -0.25) is 14.4 Å². The SMILES string of the molecule is Cc1cccc(C)c1Nc1nc2ccc(CC(=O)N(C)c3ccc(C4CN(C(=O)c5ccccc5)CC4C(=O)O)cc3)cc2o1. The first-order valence-electron chi connectivity index (χ1n) is 14.8. The fourth-order valence-corrected chi connectivity index (χ4v) is 5.95. The number of nitrogens with one attached hydrogen (secondary N) is 1. The minimum Gasteiger partial charge on any atom is -0.481 e. The van der Waals surface area contributed by atoms with Gasteiger partial charge in [-0.1, -0.05) is 54.6 Å². The van der Waals surface area contributed by atoms with Crippen molar-refractivity contribution in [3.63, 3.8) is 0 Å². The number of oxazole rings is 1. The largest absolute Gasteiger partial charge is 0.481 e. The van der Waals surface area contributed by atoms with Gasteiger partial charge < -0.3 is 24.6 Å². The number of rotatable bonds is 8. The fraction of sp³-hybridized carbons (Fsp3) is 0.222. The summed E-state index contributed by atoms with van der Waals surface area (Å²) >= 11 is 0. The van der Waals surface area contributed by atoms with Crippen molar-refractivity contribution in [1.29, 1.82) is 0 Å². The van der Waals surface area contributed by atoms with Gasteiger partial charge in [-0.15, -0.1) is 0 Å². The zero-order valence-electron chi connectivity index (χ0n) is 25.4. The Morgan fingerprint density at radius 3 is 2.33 bits per heavy atom. The predicted octanol–water partition coefficient (Wildman–Crippen LogP) is 6.33. The average Bonchev–Trinajstić information content (AvgIpc) is 3.67. The van der Waals surface area contributed by atoms with Crippen LogP contribution in [0.5, 0.6) is 0 Å². The van der Waals surface area contributed by atoms with E-state index in [1.807, 2.05) is 80.6 Å². The molecule has 6 rings (SSSR count). The number of aliphatic carboxylic acids is 1. The Hall–Kier alpha value is -5.44. The van der Waals surface area contributed by atoms with Crippen molar-refractivity contribution in [2.75, 3.05) is 30.4 Å². The molecule has 2 heterocycles. The normalized spacial score (nSPS) is 16.1. The Labute approximate surface area is 261 Å². The van der Waals surface area contributed by atoms with Crippen LogP contribution in [0.2, 0.25) is 0 Å². The van der Waals surface area contributed by atoms with Crippen LogP contribution in [0.4, 0.5) is 17.4 Å². The number of benzene rings is 4. The van der Waals surface area contributed by atoms with Crippen molar-refractivity contribution >= 4 is 46.3 Å². The zero-order chi connectivity index (χ0) is 31.7. The molecule has 0 aliphatic carbocycles. The van der Waals surface area contributed by atoms with E-state index in [1.165, 1.54) is 0 Å². The number of carboxylic acids is 1. The van der Waals surface area contributed by atoms with Crippen molar-refractivity contribution < 1.29 is 23.9 Å². The number of anilines is 3. The number of hydrogen-bond donors (Lipinski definition) is 2. The highest BCUT2D eigenvalue weighted by atomic mass is 16.4. The van der Waals surface area contributed by atoms with Gasteiger partial charge in [0, 0.05) is 43.0 Å². The van der Waals surface area contributed by atoms with Crippen molar-refractivity contribution in [2.45, 2.75) is 26.2 Å². The Morgan fingerprint density at radius 2 is 1.64 bits per heavy atom. The van der Waals surface area contributed by atoms with Crippen LogP contribution < -0.4 is 10.2 Å². The lowest BCUT2D eigenvalue weighted by atomic mass is 9.89. The van der Waals surface area contributed by atoms with E-state index < -0.39 is 11.9 Å². The molecule has 4 aromatic carbocycles. The molecule has 1 fully saturated rings. The summed E-state index contributed by atoms with van der Waals surface area (Å²) in [6, 6.07) is 28.2. The van der Waals surface area contributed by atoms with Crippen LogP contribution in [0.15, 0.2) is 95.4 Å². The van der Waals surface area contributed by atoms with E-state index in [-0.39, 0.29) is 30.7 Å². The number of aryl methyl sites for hydroxylation is 2. The second-order valence-corrected chi connectivity index (χ2v) is 11.6. The maximum Gasteiger partial charge on any atom is 0.308 e. The Balaban J connectivity index is 1.12. The van der Waals surface area contributed by atoms with Crippen LogP contribution in [0.3, 0.4) is 0 Å². The van der Waals surface area contributed by atoms with E-state index in [2.05, 4.69) is 10.3 Å². The Bertz CT molecular complexity index is 1860. The maximum atomic E-state index is 13.3. The monoisotopic (exact) mass is 602 g/mol. The minimum atomic E-state index is -0.934. The molecule has 2 amide bonds. The number of para-hydroxylation sites is 1. The summed E-state index contributed by atoms with van der Waals surface area (Å²) in [5.41, 5.74) is 7.25. The molecule has 0 saturated carbocycles. The summed E-state index contributed by atoms with van der Waals surface area (Å²) in [7, 11) is 1.72. The van der Waals surface area contributed by atoms with Gasteiger partial charge in [0.1, 0.15) is 5.52 Å². The Kier molecular flexibility index (Phi) is 8.08. The highest BCUT2D eigenvalue weighted by Crippen LogP contribution is 2.35. The molecule has 0 spiro atoms. The molecule has 0 radical (unpaired) electrons. The van der Waals surface area contributed by atoms with Crippen LogP contribution in [-0.4, -0.2) is 52.9 Å². The molecule has 1 aliphatic heterocycles. The summed E-state index contributed by atoms with van der Waals surface area (Å²) in [6.07, 6.45) is 0.162. The van der Waals surface area contributed by atoms with Crippen molar-refractivity contribution in [2.24, 2.45) is 5.92 Å². The summed E-state index contributed by atoms with van der Waals surface area (Å²) < 4.78 is 5.97. The summed E-state index contributed by atoms with van der Waals surface area (Å²) in [5.74, 6) is -2.29. The number of carboxylic acid groups (broad SMARTS) is 1. The predicted molar refractivity (Wildman–Crippen MR) is 173 cm³/mol. The van der Waals surface area contributed by atoms with Gasteiger partial charge in [0.15, 0.2) is 5.58 Å². The highest BCUT2D eigenvalue weighted by Gasteiger charge is 2.40. The molecule has 228 valence electrons. The number of nitrogens with zero attached hydrogens (tertiary/aromatic N) is 3. The first-order chi connectivity index (χ1) is 21.7. The number of carbonyl (C=O) groups is 3. The fourth-order valence-electron chi connectivity index (χ4n) is 5.95. The molecule has 0 bridgehead atoms. The van der Waals surface area contributed by atoms with Crippen LogP contribution in [-0.2, 0) is 16.0 Å². The van der Waals surface area contributed by atoms with Gasteiger partial charge >= 0.3 is 5.97 Å². The van der Waals surface area contributed by atoms with Crippen molar-refractivity contribution in [3.8, 4) is 0 Å². The van der Waals surface area contributed by atoms with Crippen molar-refractivity contribution in [1.82, 2.24) is 9.88 Å². The number of fused-ring (bicyclic) bond motifs is 1. The summed E-state index contributed by atoms with van der Waals surface area (Å²) in [5, 5.41) is 13.2. The van der Waals surface area contributed by atoms with Gasteiger partial charge in [0.25, 0.3) is 11.9 Å². The first kappa shape index (κ1) is 29.6. The summed E-state index contributed by atoms with van der Waals surface area (Å²) in [4.78, 5) is 46.1. The lowest BCUT2D eigenvalue weighted by Gasteiger charge is -2.20. The maximum absolute atomic E-state index is 13.3. The molecular formula is C36H34N4O5. The third kappa shape index (κ3) is 6.15. The molecule has 5 aromatic rings. The third-order valence-electron chi connectivity index (χ3n) is 8.55. The van der Waals surface area contributed by atoms with E-state index >= 15 is 0 Å². The second-order valence-electron chi connectivity index (χ2n) is 11.6. The topological polar surface area (TPSA) is 116 Å². The average molecular weight is 603 g/mol. The molecule has 1 aromatic heterocycles. The molecule has 2 N–H and O–H groups in total. The van der Waals surface area contributed by atoms with E-state index in [1.54, 1.807) is 41.1 Å². The molecule has 45 heavy (non-hydrogen) atoms. The summed E-state index contributed by atoms with van der Waals surface area (Å²) in [6.45, 7) is 4.50. The Morgan fingerprint density at radius 1 is 0.933 bits per heavy atom. The minimum absolute atomic E-state index is 0.112. The zero-order valence-corrected chi connectivity index (χ0v) is 25.4. The first-order valence-corrected chi connectivity index (χ1v) is 14.8. The van der Waals surface area contributed by atoms with E-state index in [0.717, 1.165) is 27.9 Å².